The van der Waals surface area contributed by atoms with Crippen LogP contribution in [0, 0.1) is 0 Å². The van der Waals surface area contributed by atoms with Crippen molar-refractivity contribution >= 4 is 5.97 Å². The highest BCUT2D eigenvalue weighted by molar-refractivity contribution is 5.69. The Labute approximate surface area is 330 Å². The molecule has 0 radical (unpaired) electrons. The third-order valence-electron chi connectivity index (χ3n) is 10.6. The first kappa shape index (κ1) is 49.8. The third-order valence-corrected chi connectivity index (χ3v) is 10.6. The van der Waals surface area contributed by atoms with Crippen LogP contribution in [0.2, 0.25) is 0 Å². The number of rotatable bonds is 40. The van der Waals surface area contributed by atoms with Crippen LogP contribution >= 0.6 is 0 Å². The zero-order valence-electron chi connectivity index (χ0n) is 35.8. The summed E-state index contributed by atoms with van der Waals surface area (Å²) in [5.74, 6) is -0.156. The van der Waals surface area contributed by atoms with Crippen LogP contribution in [0.5, 0.6) is 0 Å². The van der Waals surface area contributed by atoms with E-state index < -0.39 is 0 Å². The second-order valence-corrected chi connectivity index (χ2v) is 16.1. The zero-order chi connectivity index (χ0) is 38.3. The number of carbonyl (C=O) groups is 1. The fourth-order valence-electron chi connectivity index (χ4n) is 7.09. The highest BCUT2D eigenvalue weighted by atomic mass is 16.6. The first-order chi connectivity index (χ1) is 26.1. The van der Waals surface area contributed by atoms with Gasteiger partial charge in [-0.25, -0.2) is 0 Å². The van der Waals surface area contributed by atoms with E-state index in [1.807, 2.05) is 14.1 Å². The summed E-state index contributed by atoms with van der Waals surface area (Å²) in [7, 11) is 4.04. The molecule has 0 bridgehead atoms. The van der Waals surface area contributed by atoms with Gasteiger partial charge in [0.15, 0.2) is 0 Å². The van der Waals surface area contributed by atoms with Gasteiger partial charge in [0, 0.05) is 19.6 Å². The van der Waals surface area contributed by atoms with Crippen LogP contribution in [-0.2, 0) is 23.7 Å². The van der Waals surface area contributed by atoms with E-state index >= 15 is 0 Å². The van der Waals surface area contributed by atoms with Crippen molar-refractivity contribution in [2.45, 2.75) is 225 Å². The number of carbonyl (C=O) groups excluding carboxylic acids is 1. The Hall–Kier alpha value is -1.21. The van der Waals surface area contributed by atoms with E-state index in [1.165, 1.54) is 167 Å². The summed E-state index contributed by atoms with van der Waals surface area (Å²) in [6.45, 7) is 7.63. The van der Waals surface area contributed by atoms with Crippen molar-refractivity contribution in [1.29, 1.82) is 0 Å². The predicted molar refractivity (Wildman–Crippen MR) is 227 cm³/mol. The fraction of sp³-hybridized carbons (Fsp3) is 0.894. The first-order valence-corrected chi connectivity index (χ1v) is 23.0. The molecular weight excluding hydrogens is 659 g/mol. The quantitative estimate of drug-likeness (QED) is 0.0353. The number of nitrogens with zero attached hydrogens (tertiary/aromatic N) is 1. The van der Waals surface area contributed by atoms with Crippen LogP contribution in [0.3, 0.4) is 0 Å². The lowest BCUT2D eigenvalue weighted by Gasteiger charge is -2.23. The molecule has 0 saturated carbocycles. The van der Waals surface area contributed by atoms with Gasteiger partial charge in [-0.2, -0.15) is 0 Å². The normalized spacial score (nSPS) is 17.6. The van der Waals surface area contributed by atoms with Gasteiger partial charge in [-0.05, 0) is 91.3 Å². The molecule has 53 heavy (non-hydrogen) atoms. The standard InChI is InChI=1S/C47H89NO5/c1-5-7-9-11-13-15-17-19-21-23-25-27-29-31-33-35-40-50-44-42-52-45(43-53-46(49)38-37-39-48(3)4)47(44)51-41-36-34-32-30-28-26-24-22-20-18-16-14-12-10-8-6-2/h19-22,44-45,47H,5-18,23-43H2,1-4H3/b21-19-,22-20-/t44-,45+,47+/m0/s1. The molecule has 0 spiro atoms. The molecule has 0 aromatic rings. The van der Waals surface area contributed by atoms with Gasteiger partial charge in [0.1, 0.15) is 24.9 Å². The lowest BCUT2D eigenvalue weighted by molar-refractivity contribution is -0.150. The van der Waals surface area contributed by atoms with E-state index in [0.29, 0.717) is 19.6 Å². The van der Waals surface area contributed by atoms with Crippen molar-refractivity contribution in [3.63, 3.8) is 0 Å². The summed E-state index contributed by atoms with van der Waals surface area (Å²) in [5.41, 5.74) is 0. The van der Waals surface area contributed by atoms with Gasteiger partial charge in [-0.15, -0.1) is 0 Å². The number of unbranched alkanes of at least 4 members (excludes halogenated alkanes) is 24. The summed E-state index contributed by atoms with van der Waals surface area (Å²) >= 11 is 0. The minimum absolute atomic E-state index is 0.0929. The molecule has 0 N–H and O–H groups in total. The van der Waals surface area contributed by atoms with Gasteiger partial charge < -0.3 is 23.8 Å². The molecule has 3 atom stereocenters. The molecule has 1 aliphatic heterocycles. The molecule has 6 heteroatoms. The number of hydrogen-bond donors (Lipinski definition) is 0. The smallest absolute Gasteiger partial charge is 0.305 e. The maximum absolute atomic E-state index is 12.4. The predicted octanol–water partition coefficient (Wildman–Crippen LogP) is 13.1. The van der Waals surface area contributed by atoms with Crippen molar-refractivity contribution < 1.29 is 23.7 Å². The van der Waals surface area contributed by atoms with E-state index in [2.05, 4.69) is 43.1 Å². The molecule has 0 aromatic carbocycles. The SMILES string of the molecule is CCCCCCCC/C=C\CCCCCCCCO[C@@H]1[C@@H](OCCCCCCCC/C=C\CCCCCCCC)CO[C@@H]1COC(=O)CCCN(C)C. The second kappa shape index (κ2) is 39.0. The largest absolute Gasteiger partial charge is 0.463 e. The molecule has 0 aromatic heterocycles. The van der Waals surface area contributed by atoms with Gasteiger partial charge in [0.2, 0.25) is 0 Å². The van der Waals surface area contributed by atoms with Crippen LogP contribution in [0.25, 0.3) is 0 Å². The monoisotopic (exact) mass is 748 g/mol. The highest BCUT2D eigenvalue weighted by Crippen LogP contribution is 2.23. The van der Waals surface area contributed by atoms with Crippen LogP contribution in [0.1, 0.15) is 206 Å². The summed E-state index contributed by atoms with van der Waals surface area (Å²) in [6.07, 6.45) is 46.7. The molecule has 1 fully saturated rings. The third kappa shape index (κ3) is 32.7. The topological polar surface area (TPSA) is 57.2 Å². The molecule has 1 aliphatic rings. The zero-order valence-corrected chi connectivity index (χ0v) is 35.8. The van der Waals surface area contributed by atoms with Crippen LogP contribution in [-0.4, -0.2) is 76.2 Å². The number of esters is 1. The van der Waals surface area contributed by atoms with Crippen molar-refractivity contribution in [3.05, 3.63) is 24.3 Å². The molecule has 0 amide bonds. The van der Waals surface area contributed by atoms with Crippen LogP contribution < -0.4 is 0 Å². The first-order valence-electron chi connectivity index (χ1n) is 23.0. The maximum atomic E-state index is 12.4. The molecule has 1 rings (SSSR count). The lowest BCUT2D eigenvalue weighted by atomic mass is 10.1. The maximum Gasteiger partial charge on any atom is 0.305 e. The van der Waals surface area contributed by atoms with Gasteiger partial charge in [0.25, 0.3) is 0 Å². The van der Waals surface area contributed by atoms with E-state index in [0.717, 1.165) is 32.4 Å². The van der Waals surface area contributed by atoms with Crippen molar-refractivity contribution in [3.8, 4) is 0 Å². The van der Waals surface area contributed by atoms with Crippen LogP contribution in [0.15, 0.2) is 24.3 Å². The highest BCUT2D eigenvalue weighted by Gasteiger charge is 2.39. The molecular formula is C47H89NO5. The molecule has 1 heterocycles. The fourth-order valence-corrected chi connectivity index (χ4v) is 7.09. The molecule has 0 unspecified atom stereocenters. The second-order valence-electron chi connectivity index (χ2n) is 16.1. The summed E-state index contributed by atoms with van der Waals surface area (Å²) in [6, 6.07) is 0. The average molecular weight is 748 g/mol. The Balaban J connectivity index is 2.22. The summed E-state index contributed by atoms with van der Waals surface area (Å²) in [5, 5.41) is 0. The number of allylic oxidation sites excluding steroid dienone is 4. The minimum atomic E-state index is -0.258. The number of ether oxygens (including phenoxy) is 4. The Bertz CT molecular complexity index is 830. The van der Waals surface area contributed by atoms with E-state index in [-0.39, 0.29) is 30.9 Å². The summed E-state index contributed by atoms with van der Waals surface area (Å²) in [4.78, 5) is 14.5. The number of hydrogen-bond acceptors (Lipinski definition) is 6. The van der Waals surface area contributed by atoms with E-state index in [9.17, 15) is 4.79 Å². The minimum Gasteiger partial charge on any atom is -0.463 e. The lowest BCUT2D eigenvalue weighted by Crippen LogP contribution is -2.38. The van der Waals surface area contributed by atoms with Gasteiger partial charge >= 0.3 is 5.97 Å². The van der Waals surface area contributed by atoms with Crippen molar-refractivity contribution in [2.75, 3.05) is 47.1 Å². The molecule has 1 saturated heterocycles. The summed E-state index contributed by atoms with van der Waals surface area (Å²) < 4.78 is 24.5. The molecule has 6 nitrogen and oxygen atoms in total. The molecule has 312 valence electrons. The average Bonchev–Trinajstić information content (AvgIpc) is 3.54. The van der Waals surface area contributed by atoms with Gasteiger partial charge in [-0.3, -0.25) is 4.79 Å². The van der Waals surface area contributed by atoms with Gasteiger partial charge in [-0.1, -0.05) is 154 Å². The van der Waals surface area contributed by atoms with Gasteiger partial charge in [0.05, 0.1) is 6.61 Å². The van der Waals surface area contributed by atoms with Crippen molar-refractivity contribution in [2.24, 2.45) is 0 Å². The van der Waals surface area contributed by atoms with E-state index in [4.69, 9.17) is 18.9 Å². The molecule has 0 aliphatic carbocycles. The Morgan fingerprint density at radius 2 is 0.981 bits per heavy atom. The van der Waals surface area contributed by atoms with Crippen molar-refractivity contribution in [1.82, 2.24) is 4.90 Å². The van der Waals surface area contributed by atoms with Crippen LogP contribution in [0.4, 0.5) is 0 Å². The Kier molecular flexibility index (Phi) is 36.7. The Morgan fingerprint density at radius 3 is 1.43 bits per heavy atom. The van der Waals surface area contributed by atoms with E-state index in [1.54, 1.807) is 0 Å². The Morgan fingerprint density at radius 1 is 0.566 bits per heavy atom.